The fraction of sp³-hybridized carbons (Fsp3) is 0.438. The number of hydrogen-bond donors (Lipinski definition) is 2. The van der Waals surface area contributed by atoms with Crippen molar-refractivity contribution in [2.75, 3.05) is 25.6 Å². The zero-order valence-electron chi connectivity index (χ0n) is 14.0. The molecule has 1 fully saturated rings. The maximum absolute atomic E-state index is 12.2. The molecule has 9 heteroatoms. The molecule has 1 amide bonds. The predicted octanol–water partition coefficient (Wildman–Crippen LogP) is 1.73. The van der Waals surface area contributed by atoms with Crippen molar-refractivity contribution in [2.24, 2.45) is 0 Å². The summed E-state index contributed by atoms with van der Waals surface area (Å²) in [6.45, 7) is 3.32. The van der Waals surface area contributed by atoms with Gasteiger partial charge in [-0.1, -0.05) is 17.3 Å². The van der Waals surface area contributed by atoms with Gasteiger partial charge in [0, 0.05) is 6.54 Å². The number of nitrogens with zero attached hydrogens (tertiary/aromatic N) is 2. The van der Waals surface area contributed by atoms with E-state index in [4.69, 9.17) is 14.0 Å². The summed E-state index contributed by atoms with van der Waals surface area (Å²) in [6.07, 6.45) is -0.0433. The molecule has 1 aromatic carbocycles. The third-order valence-corrected chi connectivity index (χ3v) is 3.77. The highest BCUT2D eigenvalue weighted by atomic mass is 35.5. The van der Waals surface area contributed by atoms with E-state index in [1.54, 1.807) is 19.2 Å². The summed E-state index contributed by atoms with van der Waals surface area (Å²) in [4.78, 5) is 16.5. The second-order valence-electron chi connectivity index (χ2n) is 5.48. The smallest absolute Gasteiger partial charge is 0.246 e. The van der Waals surface area contributed by atoms with E-state index in [1.165, 1.54) is 0 Å². The Morgan fingerprint density at radius 1 is 1.44 bits per heavy atom. The second-order valence-corrected chi connectivity index (χ2v) is 5.48. The van der Waals surface area contributed by atoms with E-state index in [2.05, 4.69) is 20.8 Å². The Morgan fingerprint density at radius 2 is 2.24 bits per heavy atom. The Bertz CT molecular complexity index is 709. The Labute approximate surface area is 151 Å². The quantitative estimate of drug-likeness (QED) is 0.829. The lowest BCUT2D eigenvalue weighted by molar-refractivity contribution is -0.115. The molecule has 2 aromatic rings. The summed E-state index contributed by atoms with van der Waals surface area (Å²) in [5.41, 5.74) is 0.602. The van der Waals surface area contributed by atoms with Crippen LogP contribution in [0, 0.1) is 0 Å². The third kappa shape index (κ3) is 4.68. The van der Waals surface area contributed by atoms with Crippen LogP contribution in [-0.2, 0) is 16.0 Å². The van der Waals surface area contributed by atoms with Crippen molar-refractivity contribution in [1.82, 2.24) is 15.5 Å². The Balaban J connectivity index is 0.00000225. The van der Waals surface area contributed by atoms with Gasteiger partial charge in [0.1, 0.15) is 11.8 Å². The Hall–Kier alpha value is -2.16. The van der Waals surface area contributed by atoms with Crippen molar-refractivity contribution in [2.45, 2.75) is 25.5 Å². The van der Waals surface area contributed by atoms with Gasteiger partial charge in [-0.15, -0.1) is 12.4 Å². The van der Waals surface area contributed by atoms with Crippen molar-refractivity contribution in [1.29, 1.82) is 0 Å². The highest BCUT2D eigenvalue weighted by Crippen LogP contribution is 2.23. The molecular weight excluding hydrogens is 348 g/mol. The van der Waals surface area contributed by atoms with Crippen molar-refractivity contribution < 1.29 is 18.8 Å². The molecule has 0 radical (unpaired) electrons. The van der Waals surface area contributed by atoms with Gasteiger partial charge < -0.3 is 24.6 Å². The van der Waals surface area contributed by atoms with Gasteiger partial charge in [0.05, 0.1) is 31.9 Å². The van der Waals surface area contributed by atoms with Crippen LogP contribution < -0.4 is 15.4 Å². The first kappa shape index (κ1) is 19.2. The van der Waals surface area contributed by atoms with E-state index < -0.39 is 0 Å². The maximum Gasteiger partial charge on any atom is 0.246 e. The van der Waals surface area contributed by atoms with E-state index >= 15 is 0 Å². The monoisotopic (exact) mass is 368 g/mol. The number of carbonyl (C=O) groups excluding carboxylic acids is 1. The van der Waals surface area contributed by atoms with Gasteiger partial charge in [-0.2, -0.15) is 4.98 Å². The molecule has 1 saturated heterocycles. The number of carbonyl (C=O) groups is 1. The van der Waals surface area contributed by atoms with Gasteiger partial charge >= 0.3 is 0 Å². The van der Waals surface area contributed by atoms with Gasteiger partial charge in [0.15, 0.2) is 5.82 Å². The minimum absolute atomic E-state index is 0. The number of benzene rings is 1. The van der Waals surface area contributed by atoms with Crippen LogP contribution in [0.15, 0.2) is 28.8 Å². The molecule has 1 aromatic heterocycles. The molecule has 2 N–H and O–H groups in total. The fourth-order valence-electron chi connectivity index (χ4n) is 2.56. The number of nitrogens with one attached hydrogen (secondary N) is 2. The van der Waals surface area contributed by atoms with E-state index in [0.717, 1.165) is 6.54 Å². The molecular formula is C16H21ClN4O4. The van der Waals surface area contributed by atoms with Gasteiger partial charge in [-0.25, -0.2) is 0 Å². The fourth-order valence-corrected chi connectivity index (χ4v) is 2.56. The molecule has 0 unspecified atom stereocenters. The topological polar surface area (TPSA) is 98.5 Å². The third-order valence-electron chi connectivity index (χ3n) is 3.77. The van der Waals surface area contributed by atoms with E-state index in [-0.39, 0.29) is 36.9 Å². The van der Waals surface area contributed by atoms with Crippen LogP contribution in [0.25, 0.3) is 0 Å². The van der Waals surface area contributed by atoms with Crippen LogP contribution in [0.5, 0.6) is 5.75 Å². The lowest BCUT2D eigenvalue weighted by Gasteiger charge is -2.27. The van der Waals surface area contributed by atoms with Crippen LogP contribution in [0.4, 0.5) is 5.69 Å². The van der Waals surface area contributed by atoms with Crippen LogP contribution >= 0.6 is 12.4 Å². The number of hydrogen-bond acceptors (Lipinski definition) is 7. The molecule has 0 spiro atoms. The van der Waals surface area contributed by atoms with Gasteiger partial charge in [0.2, 0.25) is 11.8 Å². The van der Waals surface area contributed by atoms with Crippen LogP contribution in [0.1, 0.15) is 24.7 Å². The molecule has 0 saturated carbocycles. The van der Waals surface area contributed by atoms with Crippen molar-refractivity contribution >= 4 is 24.0 Å². The van der Waals surface area contributed by atoms with Gasteiger partial charge in [-0.05, 0) is 19.1 Å². The molecule has 0 bridgehead atoms. The van der Waals surface area contributed by atoms with Crippen LogP contribution in [-0.4, -0.2) is 42.4 Å². The molecule has 1 aliphatic heterocycles. The van der Waals surface area contributed by atoms with Crippen molar-refractivity contribution in [3.8, 4) is 5.75 Å². The number of halogens is 1. The number of morpholine rings is 1. The molecule has 136 valence electrons. The summed E-state index contributed by atoms with van der Waals surface area (Å²) >= 11 is 0. The lowest BCUT2D eigenvalue weighted by atomic mass is 10.1. The highest BCUT2D eigenvalue weighted by Gasteiger charge is 2.28. The van der Waals surface area contributed by atoms with Crippen molar-refractivity contribution in [3.05, 3.63) is 36.0 Å². The number of aromatic nitrogens is 2. The first-order valence-corrected chi connectivity index (χ1v) is 7.77. The average Bonchev–Trinajstić information content (AvgIpc) is 3.04. The van der Waals surface area contributed by atoms with E-state index in [0.29, 0.717) is 29.8 Å². The average molecular weight is 369 g/mol. The molecule has 25 heavy (non-hydrogen) atoms. The number of ether oxygens (including phenoxy) is 2. The standard InChI is InChI=1S/C16H20N4O4.ClH/c1-10-15(17-7-8-23-10)16-19-13(20-24-16)9-14(21)18-11-5-3-4-6-12(11)22-2;/h3-6,10,15,17H,7-9H2,1-2H3,(H,18,21);1H/t10-,15+;/m1./s1. The largest absolute Gasteiger partial charge is 0.495 e. The second kappa shape index (κ2) is 8.80. The number of amides is 1. The summed E-state index contributed by atoms with van der Waals surface area (Å²) < 4.78 is 16.0. The van der Waals surface area contributed by atoms with E-state index in [9.17, 15) is 4.79 Å². The Kier molecular flexibility index (Phi) is 6.74. The zero-order valence-corrected chi connectivity index (χ0v) is 14.8. The van der Waals surface area contributed by atoms with Crippen LogP contribution in [0.3, 0.4) is 0 Å². The van der Waals surface area contributed by atoms with Gasteiger partial charge in [-0.3, -0.25) is 4.79 Å². The van der Waals surface area contributed by atoms with Crippen LogP contribution in [0.2, 0.25) is 0 Å². The summed E-state index contributed by atoms with van der Waals surface area (Å²) in [5, 5.41) is 9.93. The highest BCUT2D eigenvalue weighted by molar-refractivity contribution is 5.93. The van der Waals surface area contributed by atoms with E-state index in [1.807, 2.05) is 19.1 Å². The molecule has 3 rings (SSSR count). The van der Waals surface area contributed by atoms with Gasteiger partial charge in [0.25, 0.3) is 0 Å². The summed E-state index contributed by atoms with van der Waals surface area (Å²) in [7, 11) is 1.55. The maximum atomic E-state index is 12.2. The minimum atomic E-state index is -0.243. The molecule has 8 nitrogen and oxygen atoms in total. The number of para-hydroxylation sites is 2. The zero-order chi connectivity index (χ0) is 16.9. The number of anilines is 1. The normalized spacial score (nSPS) is 19.8. The Morgan fingerprint density at radius 3 is 3.00 bits per heavy atom. The summed E-state index contributed by atoms with van der Waals surface area (Å²) in [5.74, 6) is 1.11. The number of rotatable bonds is 5. The van der Waals surface area contributed by atoms with Crippen molar-refractivity contribution in [3.63, 3.8) is 0 Å². The first-order chi connectivity index (χ1) is 11.7. The minimum Gasteiger partial charge on any atom is -0.495 e. The molecule has 1 aliphatic rings. The SMILES string of the molecule is COc1ccccc1NC(=O)Cc1noc([C@H]2NCCO[C@@H]2C)n1.Cl. The lowest BCUT2D eigenvalue weighted by Crippen LogP contribution is -2.40. The summed E-state index contributed by atoms with van der Waals surface area (Å²) in [6, 6.07) is 7.04. The molecule has 2 heterocycles. The molecule has 0 aliphatic carbocycles. The first-order valence-electron chi connectivity index (χ1n) is 7.77. The number of methoxy groups -OCH3 is 1. The molecule has 2 atom stereocenters. The predicted molar refractivity (Wildman–Crippen MR) is 93.0 cm³/mol.